The van der Waals surface area contributed by atoms with E-state index >= 15 is 0 Å². The molecule has 0 bridgehead atoms. The van der Waals surface area contributed by atoms with Crippen molar-refractivity contribution in [1.82, 2.24) is 9.88 Å². The summed E-state index contributed by atoms with van der Waals surface area (Å²) >= 11 is 0. The van der Waals surface area contributed by atoms with Gasteiger partial charge in [-0.25, -0.2) is 4.98 Å². The summed E-state index contributed by atoms with van der Waals surface area (Å²) < 4.78 is 5.07. The van der Waals surface area contributed by atoms with E-state index in [2.05, 4.69) is 4.98 Å². The molecule has 0 saturated heterocycles. The number of likely N-dealkylation sites (N-methyl/N-ethyl adjacent to an activating group) is 1. The van der Waals surface area contributed by atoms with Crippen LogP contribution in [0.25, 0.3) is 0 Å². The van der Waals surface area contributed by atoms with E-state index in [9.17, 15) is 4.79 Å². The Morgan fingerprint density at radius 1 is 1.65 bits per heavy atom. The number of amides is 1. The van der Waals surface area contributed by atoms with Crippen molar-refractivity contribution in [1.29, 1.82) is 0 Å². The Hall–Kier alpha value is -1.62. The lowest BCUT2D eigenvalue weighted by molar-refractivity contribution is 0.0579. The third-order valence-corrected chi connectivity index (χ3v) is 2.57. The Bertz CT molecular complexity index is 382. The van der Waals surface area contributed by atoms with E-state index in [-0.39, 0.29) is 11.9 Å². The van der Waals surface area contributed by atoms with Gasteiger partial charge in [-0.05, 0) is 26.0 Å². The van der Waals surface area contributed by atoms with Crippen molar-refractivity contribution in [2.45, 2.75) is 19.9 Å². The molecule has 1 aromatic heterocycles. The lowest BCUT2D eigenvalue weighted by Crippen LogP contribution is -2.40. The Kier molecular flexibility index (Phi) is 4.90. The predicted octanol–water partition coefficient (Wildman–Crippen LogP) is 1.16. The molecular formula is C12H19N3O2. The third-order valence-electron chi connectivity index (χ3n) is 2.57. The highest BCUT2D eigenvalue weighted by atomic mass is 16.5. The second kappa shape index (κ2) is 6.20. The molecule has 0 aliphatic carbocycles. The molecule has 1 atom stereocenters. The first-order chi connectivity index (χ1) is 8.10. The van der Waals surface area contributed by atoms with Crippen LogP contribution in [-0.2, 0) is 4.74 Å². The van der Waals surface area contributed by atoms with E-state index in [1.54, 1.807) is 24.1 Å². The largest absolute Gasteiger partial charge is 0.384 e. The zero-order chi connectivity index (χ0) is 12.8. The smallest absolute Gasteiger partial charge is 0.254 e. The van der Waals surface area contributed by atoms with Crippen LogP contribution in [-0.4, -0.2) is 42.1 Å². The van der Waals surface area contributed by atoms with Gasteiger partial charge in [0.2, 0.25) is 0 Å². The number of aromatic nitrogens is 1. The van der Waals surface area contributed by atoms with Crippen LogP contribution in [0.5, 0.6) is 0 Å². The minimum atomic E-state index is -0.0499. The van der Waals surface area contributed by atoms with Crippen molar-refractivity contribution in [3.63, 3.8) is 0 Å². The molecular weight excluding hydrogens is 218 g/mol. The minimum Gasteiger partial charge on any atom is -0.384 e. The maximum Gasteiger partial charge on any atom is 0.254 e. The normalized spacial score (nSPS) is 12.2. The van der Waals surface area contributed by atoms with E-state index in [1.165, 1.54) is 6.20 Å². The molecule has 94 valence electrons. The van der Waals surface area contributed by atoms with Gasteiger partial charge in [-0.1, -0.05) is 0 Å². The fraction of sp³-hybridized carbons (Fsp3) is 0.500. The van der Waals surface area contributed by atoms with Crippen molar-refractivity contribution in [3.8, 4) is 0 Å². The highest BCUT2D eigenvalue weighted by Crippen LogP contribution is 2.10. The summed E-state index contributed by atoms with van der Waals surface area (Å²) in [4.78, 5) is 17.9. The molecule has 1 amide bonds. The monoisotopic (exact) mass is 237 g/mol. The van der Waals surface area contributed by atoms with Gasteiger partial charge < -0.3 is 15.4 Å². The zero-order valence-electron chi connectivity index (χ0n) is 10.5. The Labute approximate surface area is 102 Å². The van der Waals surface area contributed by atoms with Crippen LogP contribution in [0.15, 0.2) is 18.3 Å². The molecule has 0 aromatic carbocycles. The quantitative estimate of drug-likeness (QED) is 0.834. The minimum absolute atomic E-state index is 0.0342. The Balaban J connectivity index is 2.86. The number of ether oxygens (including phenoxy) is 1. The highest BCUT2D eigenvalue weighted by molar-refractivity contribution is 5.94. The fourth-order valence-electron chi connectivity index (χ4n) is 1.73. The Morgan fingerprint density at radius 2 is 2.35 bits per heavy atom. The molecule has 1 unspecified atom stereocenters. The van der Waals surface area contributed by atoms with Gasteiger partial charge in [-0.2, -0.15) is 0 Å². The molecule has 0 radical (unpaired) electrons. The molecule has 0 fully saturated rings. The average molecular weight is 237 g/mol. The van der Waals surface area contributed by atoms with Crippen LogP contribution in [0.2, 0.25) is 0 Å². The lowest BCUT2D eigenvalue weighted by Gasteiger charge is -2.27. The van der Waals surface area contributed by atoms with Crippen molar-refractivity contribution in [3.05, 3.63) is 23.9 Å². The summed E-state index contributed by atoms with van der Waals surface area (Å²) in [5, 5.41) is 0. The van der Waals surface area contributed by atoms with E-state index in [1.807, 2.05) is 13.8 Å². The van der Waals surface area contributed by atoms with Crippen LogP contribution in [0.3, 0.4) is 0 Å². The summed E-state index contributed by atoms with van der Waals surface area (Å²) in [5.74, 6) is 0.303. The molecule has 2 N–H and O–H groups in total. The van der Waals surface area contributed by atoms with E-state index in [0.29, 0.717) is 24.5 Å². The number of hydrogen-bond acceptors (Lipinski definition) is 4. The number of methoxy groups -OCH3 is 1. The van der Waals surface area contributed by atoms with Crippen molar-refractivity contribution >= 4 is 11.7 Å². The summed E-state index contributed by atoms with van der Waals surface area (Å²) in [6.45, 7) is 5.04. The zero-order valence-corrected chi connectivity index (χ0v) is 10.5. The number of pyridine rings is 1. The molecule has 0 spiro atoms. The number of nitrogens with zero attached hydrogens (tertiary/aromatic N) is 2. The number of hydrogen-bond donors (Lipinski definition) is 1. The topological polar surface area (TPSA) is 68.5 Å². The first kappa shape index (κ1) is 13.4. The third kappa shape index (κ3) is 3.42. The molecule has 0 saturated carbocycles. The van der Waals surface area contributed by atoms with Gasteiger partial charge in [-0.3, -0.25) is 4.79 Å². The van der Waals surface area contributed by atoms with E-state index in [4.69, 9.17) is 10.5 Å². The van der Waals surface area contributed by atoms with Crippen molar-refractivity contribution in [2.24, 2.45) is 0 Å². The summed E-state index contributed by atoms with van der Waals surface area (Å²) in [5.41, 5.74) is 6.12. The number of carbonyl (C=O) groups is 1. The molecule has 5 heteroatoms. The lowest BCUT2D eigenvalue weighted by atomic mass is 10.2. The van der Waals surface area contributed by atoms with Gasteiger partial charge >= 0.3 is 0 Å². The van der Waals surface area contributed by atoms with Crippen LogP contribution < -0.4 is 5.73 Å². The van der Waals surface area contributed by atoms with Crippen LogP contribution in [0.4, 0.5) is 5.82 Å². The summed E-state index contributed by atoms with van der Waals surface area (Å²) in [6, 6.07) is 3.29. The maximum atomic E-state index is 12.2. The van der Waals surface area contributed by atoms with Gasteiger partial charge in [-0.15, -0.1) is 0 Å². The first-order valence-electron chi connectivity index (χ1n) is 5.61. The predicted molar refractivity (Wildman–Crippen MR) is 66.7 cm³/mol. The highest BCUT2D eigenvalue weighted by Gasteiger charge is 2.19. The van der Waals surface area contributed by atoms with Gasteiger partial charge in [0.05, 0.1) is 12.6 Å². The standard InChI is InChI=1S/C12H19N3O2/c1-4-15(9(2)8-17-3)12(16)10-5-6-14-11(13)7-10/h5-7,9H,4,8H2,1-3H3,(H2,13,14). The molecule has 5 nitrogen and oxygen atoms in total. The fourth-order valence-corrected chi connectivity index (χ4v) is 1.73. The van der Waals surface area contributed by atoms with Gasteiger partial charge in [0.25, 0.3) is 5.91 Å². The van der Waals surface area contributed by atoms with Crippen LogP contribution in [0.1, 0.15) is 24.2 Å². The van der Waals surface area contributed by atoms with Crippen molar-refractivity contribution in [2.75, 3.05) is 26.0 Å². The van der Waals surface area contributed by atoms with Gasteiger partial charge in [0.15, 0.2) is 0 Å². The van der Waals surface area contributed by atoms with Crippen molar-refractivity contribution < 1.29 is 9.53 Å². The summed E-state index contributed by atoms with van der Waals surface area (Å²) in [6.07, 6.45) is 1.54. The second-order valence-corrected chi connectivity index (χ2v) is 3.86. The molecule has 0 aliphatic rings. The average Bonchev–Trinajstić information content (AvgIpc) is 2.30. The van der Waals surface area contributed by atoms with E-state index < -0.39 is 0 Å². The number of carbonyl (C=O) groups excluding carboxylic acids is 1. The number of anilines is 1. The second-order valence-electron chi connectivity index (χ2n) is 3.86. The number of rotatable bonds is 5. The molecule has 1 heterocycles. The van der Waals surface area contributed by atoms with E-state index in [0.717, 1.165) is 0 Å². The molecule has 17 heavy (non-hydrogen) atoms. The van der Waals surface area contributed by atoms with Gasteiger partial charge in [0.1, 0.15) is 5.82 Å². The SMILES string of the molecule is CCN(C(=O)c1ccnc(N)c1)C(C)COC. The summed E-state index contributed by atoms with van der Waals surface area (Å²) in [7, 11) is 1.62. The number of nitrogens with two attached hydrogens (primary N) is 1. The molecule has 1 rings (SSSR count). The Morgan fingerprint density at radius 3 is 2.88 bits per heavy atom. The maximum absolute atomic E-state index is 12.2. The van der Waals surface area contributed by atoms with Crippen LogP contribution in [0, 0.1) is 0 Å². The first-order valence-corrected chi connectivity index (χ1v) is 5.61. The van der Waals surface area contributed by atoms with Crippen LogP contribution >= 0.6 is 0 Å². The molecule has 0 aliphatic heterocycles. The van der Waals surface area contributed by atoms with Gasteiger partial charge in [0, 0.05) is 25.4 Å². The molecule has 1 aromatic rings. The number of nitrogen functional groups attached to an aromatic ring is 1.